The molecule has 5 heterocycles. The zero-order chi connectivity index (χ0) is 46.5. The molecule has 5 aliphatic rings. The summed E-state index contributed by atoms with van der Waals surface area (Å²) in [6.45, 7) is 14.4. The second-order valence-corrected chi connectivity index (χ2v) is 20.9. The number of carbonyl (C=O) groups is 1. The maximum Gasteiger partial charge on any atom is 0.330 e. The molecule has 3 saturated heterocycles. The van der Waals surface area contributed by atoms with Crippen LogP contribution in [0.25, 0.3) is 0 Å². The fourth-order valence-electron chi connectivity index (χ4n) is 10.4. The number of nitrogens with zero attached hydrogens (tertiary/aromatic N) is 1. The van der Waals surface area contributed by atoms with Crippen LogP contribution < -0.4 is 0 Å². The Morgan fingerprint density at radius 3 is 2.30 bits per heavy atom. The van der Waals surface area contributed by atoms with Crippen molar-refractivity contribution in [2.45, 2.75) is 242 Å². The van der Waals surface area contributed by atoms with Crippen molar-refractivity contribution >= 4 is 5.97 Å². The molecule has 0 amide bonds. The summed E-state index contributed by atoms with van der Waals surface area (Å²) in [7, 11) is 3.96. The Bertz CT molecular complexity index is 1580. The molecule has 0 aliphatic carbocycles. The fourth-order valence-corrected chi connectivity index (χ4v) is 10.4. The number of fused-ring (bicyclic) bond motifs is 2. The van der Waals surface area contributed by atoms with Gasteiger partial charge in [-0.1, -0.05) is 45.8 Å². The minimum absolute atomic E-state index is 0.140. The zero-order valence-corrected chi connectivity index (χ0v) is 39.9. The van der Waals surface area contributed by atoms with Gasteiger partial charge in [-0.3, -0.25) is 0 Å². The van der Waals surface area contributed by atoms with E-state index in [1.54, 1.807) is 0 Å². The topological polar surface area (TPSA) is 197 Å². The van der Waals surface area contributed by atoms with Crippen LogP contribution in [-0.2, 0) is 33.2 Å². The number of hydrogen-bond donors (Lipinski definition) is 6. The predicted molar refractivity (Wildman–Crippen MR) is 238 cm³/mol. The van der Waals surface area contributed by atoms with Crippen LogP contribution in [0.2, 0.25) is 0 Å². The van der Waals surface area contributed by atoms with Gasteiger partial charge in [-0.05, 0) is 118 Å². The first-order valence-corrected chi connectivity index (χ1v) is 23.9. The summed E-state index contributed by atoms with van der Waals surface area (Å²) in [5, 5.41) is 69.4. The van der Waals surface area contributed by atoms with Crippen molar-refractivity contribution in [3.63, 3.8) is 0 Å². The Hall–Kier alpha value is -1.95. The van der Waals surface area contributed by atoms with Gasteiger partial charge >= 0.3 is 5.97 Å². The van der Waals surface area contributed by atoms with Crippen molar-refractivity contribution in [1.29, 1.82) is 0 Å². The molecule has 63 heavy (non-hydrogen) atoms. The van der Waals surface area contributed by atoms with Gasteiger partial charge in [0.05, 0.1) is 42.2 Å². The molecule has 5 aliphatic heterocycles. The summed E-state index contributed by atoms with van der Waals surface area (Å²) in [5.41, 5.74) is -3.08. The van der Waals surface area contributed by atoms with Gasteiger partial charge in [0, 0.05) is 49.6 Å². The molecule has 14 nitrogen and oxygen atoms in total. The van der Waals surface area contributed by atoms with Crippen molar-refractivity contribution in [3.8, 4) is 0 Å². The van der Waals surface area contributed by atoms with E-state index in [0.29, 0.717) is 44.9 Å². The van der Waals surface area contributed by atoms with Crippen molar-refractivity contribution in [1.82, 2.24) is 4.90 Å². The second kappa shape index (κ2) is 21.8. The average molecular weight is 894 g/mol. The van der Waals surface area contributed by atoms with E-state index >= 15 is 0 Å². The normalized spacial score (nSPS) is 43.2. The van der Waals surface area contributed by atoms with Crippen LogP contribution in [0.1, 0.15) is 152 Å². The summed E-state index contributed by atoms with van der Waals surface area (Å²) >= 11 is 0. The monoisotopic (exact) mass is 894 g/mol. The third-order valence-corrected chi connectivity index (χ3v) is 14.5. The van der Waals surface area contributed by atoms with Gasteiger partial charge in [0.1, 0.15) is 35.3 Å². The molecule has 16 unspecified atom stereocenters. The summed E-state index contributed by atoms with van der Waals surface area (Å²) in [6, 6.07) is 0.140. The fraction of sp³-hybridized carbons (Fsp3) is 0.857. The number of aliphatic hydroxyl groups excluding tert-OH is 4. The van der Waals surface area contributed by atoms with Crippen LogP contribution in [0.3, 0.4) is 0 Å². The third-order valence-electron chi connectivity index (χ3n) is 14.5. The Morgan fingerprint density at radius 1 is 0.889 bits per heavy atom. The molecule has 1 spiro atoms. The number of likely N-dealkylation sites (N-methyl/N-ethyl adjacent to an activating group) is 1. The first-order chi connectivity index (χ1) is 29.5. The van der Waals surface area contributed by atoms with Crippen LogP contribution in [0.15, 0.2) is 35.6 Å². The quantitative estimate of drug-likeness (QED) is 0.177. The number of esters is 1. The smallest absolute Gasteiger partial charge is 0.330 e. The SMILES string of the molecule is CCC(O)CC1CCCC2(CC3OC(=O)C=CC(C)(O)C(O)C(C)C(O)C(OC4CCC(N(C)C)C(C)O4)C(O)C(C)(O)CCCCCC=CC4=C(CC(O2)C3C)OC(C)(C)C4)O1. The van der Waals surface area contributed by atoms with E-state index in [1.165, 1.54) is 20.8 Å². The second-order valence-electron chi connectivity index (χ2n) is 20.9. The van der Waals surface area contributed by atoms with Gasteiger partial charge in [-0.2, -0.15) is 0 Å². The van der Waals surface area contributed by atoms with E-state index in [-0.39, 0.29) is 37.0 Å². The largest absolute Gasteiger partial charge is 0.491 e. The summed E-state index contributed by atoms with van der Waals surface area (Å²) in [5.74, 6) is -2.36. The number of hydrogen-bond acceptors (Lipinski definition) is 14. The number of allylic oxidation sites excluding steroid dienone is 2. The lowest BCUT2D eigenvalue weighted by Gasteiger charge is -2.50. The van der Waals surface area contributed by atoms with Crippen LogP contribution in [0.4, 0.5) is 0 Å². The number of aliphatic hydroxyl groups is 6. The Labute approximate surface area is 377 Å². The van der Waals surface area contributed by atoms with Gasteiger partial charge in [0.15, 0.2) is 12.1 Å². The van der Waals surface area contributed by atoms with Crippen LogP contribution in [0.5, 0.6) is 0 Å². The average Bonchev–Trinajstić information content (AvgIpc) is 3.50. The minimum atomic E-state index is -2.05. The number of carbonyl (C=O) groups excluding carboxylic acids is 1. The van der Waals surface area contributed by atoms with Crippen molar-refractivity contribution in [2.75, 3.05) is 14.1 Å². The molecule has 14 heteroatoms. The predicted octanol–water partition coefficient (Wildman–Crippen LogP) is 5.73. The van der Waals surface area contributed by atoms with Crippen LogP contribution in [0, 0.1) is 11.8 Å². The highest BCUT2D eigenvalue weighted by molar-refractivity contribution is 5.82. The molecule has 362 valence electrons. The molecular formula is C49H83NO13. The minimum Gasteiger partial charge on any atom is -0.491 e. The Kier molecular flexibility index (Phi) is 18.0. The molecule has 0 saturated carbocycles. The first kappa shape index (κ1) is 52.0. The van der Waals surface area contributed by atoms with E-state index in [2.05, 4.69) is 30.9 Å². The Balaban J connectivity index is 1.44. The van der Waals surface area contributed by atoms with Gasteiger partial charge in [0.2, 0.25) is 0 Å². The molecule has 5 rings (SSSR count). The number of rotatable bonds is 6. The van der Waals surface area contributed by atoms with Crippen molar-refractivity contribution in [2.24, 2.45) is 11.8 Å². The van der Waals surface area contributed by atoms with Crippen molar-refractivity contribution < 1.29 is 63.9 Å². The molecule has 3 fully saturated rings. The molecule has 0 aromatic heterocycles. The van der Waals surface area contributed by atoms with Gasteiger partial charge in [0.25, 0.3) is 0 Å². The molecular weight excluding hydrogens is 811 g/mol. The maximum absolute atomic E-state index is 13.7. The number of ether oxygens (including phenoxy) is 6. The first-order valence-electron chi connectivity index (χ1n) is 23.9. The molecule has 16 atom stereocenters. The highest BCUT2D eigenvalue weighted by Crippen LogP contribution is 2.46. The lowest BCUT2D eigenvalue weighted by molar-refractivity contribution is -0.340. The van der Waals surface area contributed by atoms with E-state index in [1.807, 2.05) is 34.9 Å². The molecule has 0 aromatic carbocycles. The van der Waals surface area contributed by atoms with Crippen molar-refractivity contribution in [3.05, 3.63) is 35.6 Å². The molecule has 2 bridgehead atoms. The summed E-state index contributed by atoms with van der Waals surface area (Å²) in [6.07, 6.45) is 6.64. The van der Waals surface area contributed by atoms with E-state index in [9.17, 15) is 35.4 Å². The molecule has 0 radical (unpaired) electrons. The maximum atomic E-state index is 13.7. The van der Waals surface area contributed by atoms with E-state index in [0.717, 1.165) is 62.0 Å². The lowest BCUT2D eigenvalue weighted by Crippen LogP contribution is -2.58. The third kappa shape index (κ3) is 13.6. The van der Waals surface area contributed by atoms with Gasteiger partial charge < -0.3 is 64.0 Å². The lowest BCUT2D eigenvalue weighted by atomic mass is 9.79. The summed E-state index contributed by atoms with van der Waals surface area (Å²) in [4.78, 5) is 15.8. The van der Waals surface area contributed by atoms with E-state index in [4.69, 9.17) is 28.4 Å². The summed E-state index contributed by atoms with van der Waals surface area (Å²) < 4.78 is 39.0. The van der Waals surface area contributed by atoms with Gasteiger partial charge in [-0.25, -0.2) is 4.79 Å². The highest BCUT2D eigenvalue weighted by atomic mass is 16.7. The highest BCUT2D eigenvalue weighted by Gasteiger charge is 2.52. The van der Waals surface area contributed by atoms with Gasteiger partial charge in [-0.15, -0.1) is 0 Å². The van der Waals surface area contributed by atoms with Crippen LogP contribution >= 0.6 is 0 Å². The van der Waals surface area contributed by atoms with E-state index < -0.39 is 83.5 Å². The molecule has 6 N–H and O–H groups in total. The zero-order valence-electron chi connectivity index (χ0n) is 39.9. The molecule has 0 aromatic rings. The van der Waals surface area contributed by atoms with Crippen LogP contribution in [-0.4, -0.2) is 145 Å². The standard InChI is InChI=1S/C49H83NO13/c1-11-34(51)26-35-19-17-24-49(61-35)29-39-30(2)37(63-49)27-38-33(28-46(5,6)62-38)18-15-13-12-14-16-23-47(7,56)45(55)43(60-41-21-20-36(50(9)10)32(4)58-41)42(53)31(3)44(54)48(8,57)25-22-40(52)59-39/h15,18,22,25,30-32,34-37,39,41-45,51,53-57H,11-14,16-17,19-21,23-24,26-29H2,1-10H3. The Morgan fingerprint density at radius 2 is 1.62 bits per heavy atom.